The van der Waals surface area contributed by atoms with Crippen molar-refractivity contribution in [2.24, 2.45) is 0 Å². The normalized spacial score (nSPS) is 10.7. The van der Waals surface area contributed by atoms with E-state index in [4.69, 9.17) is 9.47 Å². The fraction of sp³-hybridized carbons (Fsp3) is 0.167. The van der Waals surface area contributed by atoms with Gasteiger partial charge in [0.05, 0.1) is 42.7 Å². The van der Waals surface area contributed by atoms with Crippen LogP contribution >= 0.6 is 0 Å². The Morgan fingerprint density at radius 1 is 0.939 bits per heavy atom. The zero-order valence-corrected chi connectivity index (χ0v) is 17.8. The Morgan fingerprint density at radius 3 is 2.18 bits per heavy atom. The fourth-order valence-corrected chi connectivity index (χ4v) is 3.19. The first-order valence-electron chi connectivity index (χ1n) is 10.2. The summed E-state index contributed by atoms with van der Waals surface area (Å²) >= 11 is 0. The van der Waals surface area contributed by atoms with Gasteiger partial charge in [0.25, 0.3) is 5.69 Å². The van der Waals surface area contributed by atoms with Crippen molar-refractivity contribution >= 4 is 17.3 Å². The highest BCUT2D eigenvalue weighted by atomic mass is 16.6. The van der Waals surface area contributed by atoms with Gasteiger partial charge >= 0.3 is 5.97 Å². The van der Waals surface area contributed by atoms with E-state index in [-0.39, 0.29) is 11.7 Å². The van der Waals surface area contributed by atoms with Crippen molar-refractivity contribution in [3.05, 3.63) is 88.7 Å². The lowest BCUT2D eigenvalue weighted by atomic mass is 10.2. The van der Waals surface area contributed by atoms with E-state index in [9.17, 15) is 14.9 Å². The van der Waals surface area contributed by atoms with Crippen molar-refractivity contribution in [3.8, 4) is 22.8 Å². The van der Waals surface area contributed by atoms with Crippen molar-refractivity contribution in [1.29, 1.82) is 0 Å². The number of ether oxygens (including phenoxy) is 3. The largest absolute Gasteiger partial charge is 0.493 e. The molecule has 0 N–H and O–H groups in total. The van der Waals surface area contributed by atoms with Crippen LogP contribution in [0.3, 0.4) is 0 Å². The van der Waals surface area contributed by atoms with Crippen molar-refractivity contribution in [2.45, 2.75) is 6.42 Å². The summed E-state index contributed by atoms with van der Waals surface area (Å²) in [7, 11) is 1.34. The minimum Gasteiger partial charge on any atom is -0.493 e. The second-order valence-electron chi connectivity index (χ2n) is 7.13. The Hall–Kier alpha value is -4.40. The minimum absolute atomic E-state index is 0.0115. The van der Waals surface area contributed by atoms with E-state index in [1.54, 1.807) is 40.9 Å². The molecule has 2 aromatic carbocycles. The van der Waals surface area contributed by atoms with Crippen molar-refractivity contribution < 1.29 is 23.9 Å². The quantitative estimate of drug-likeness (QED) is 0.160. The lowest BCUT2D eigenvalue weighted by molar-refractivity contribution is -0.385. The summed E-state index contributed by atoms with van der Waals surface area (Å²) in [5.74, 6) is 1.01. The third kappa shape index (κ3) is 5.27. The van der Waals surface area contributed by atoms with Gasteiger partial charge < -0.3 is 14.2 Å². The van der Waals surface area contributed by atoms with Gasteiger partial charge in [0.15, 0.2) is 0 Å². The predicted molar refractivity (Wildman–Crippen MR) is 121 cm³/mol. The summed E-state index contributed by atoms with van der Waals surface area (Å²) < 4.78 is 17.7. The Morgan fingerprint density at radius 2 is 1.58 bits per heavy atom. The number of hydrogen-bond donors (Lipinski definition) is 0. The summed E-state index contributed by atoms with van der Waals surface area (Å²) in [6.07, 6.45) is 3.89. The minimum atomic E-state index is -0.433. The number of carbonyl (C=O) groups excluding carboxylic acids is 1. The lowest BCUT2D eigenvalue weighted by Crippen LogP contribution is -2.05. The van der Waals surface area contributed by atoms with E-state index < -0.39 is 4.92 Å². The number of carbonyl (C=O) groups is 1. The van der Waals surface area contributed by atoms with Gasteiger partial charge in [-0.3, -0.25) is 14.5 Å². The summed E-state index contributed by atoms with van der Waals surface area (Å²) in [4.78, 5) is 26.4. The molecule has 4 rings (SSSR count). The van der Waals surface area contributed by atoms with E-state index in [1.807, 2.05) is 24.3 Å². The smallest absolute Gasteiger partial charge is 0.337 e. The molecule has 0 aliphatic carbocycles. The molecule has 4 aromatic rings. The summed E-state index contributed by atoms with van der Waals surface area (Å²) in [6, 6.07) is 17.3. The van der Waals surface area contributed by atoms with E-state index in [0.29, 0.717) is 42.3 Å². The Kier molecular flexibility index (Phi) is 6.49. The first-order valence-corrected chi connectivity index (χ1v) is 10.2. The molecule has 9 nitrogen and oxygen atoms in total. The van der Waals surface area contributed by atoms with Crippen LogP contribution < -0.4 is 9.47 Å². The molecule has 0 bridgehead atoms. The number of nitrogens with zero attached hydrogens (tertiary/aromatic N) is 3. The van der Waals surface area contributed by atoms with Crippen LogP contribution in [0.15, 0.2) is 73.1 Å². The second kappa shape index (κ2) is 9.82. The number of pyridine rings is 1. The van der Waals surface area contributed by atoms with Gasteiger partial charge in [0, 0.05) is 24.2 Å². The van der Waals surface area contributed by atoms with Gasteiger partial charge in [-0.15, -0.1) is 0 Å². The number of aromatic nitrogens is 2. The second-order valence-corrected chi connectivity index (χ2v) is 7.13. The van der Waals surface area contributed by atoms with Crippen LogP contribution in [0.25, 0.3) is 16.9 Å². The van der Waals surface area contributed by atoms with Gasteiger partial charge in [-0.2, -0.15) is 0 Å². The van der Waals surface area contributed by atoms with E-state index in [2.05, 4.69) is 9.72 Å². The molecule has 168 valence electrons. The highest BCUT2D eigenvalue weighted by Crippen LogP contribution is 2.23. The third-order valence-electron chi connectivity index (χ3n) is 4.90. The van der Waals surface area contributed by atoms with Gasteiger partial charge in [0.1, 0.15) is 17.1 Å². The number of hydrogen-bond acceptors (Lipinski definition) is 7. The van der Waals surface area contributed by atoms with Crippen molar-refractivity contribution in [2.75, 3.05) is 20.3 Å². The molecular weight excluding hydrogens is 426 g/mol. The standard InChI is InChI=1S/C24H21N3O6/c1-31-24(28)18-5-10-21(11-6-18)33-14-2-13-32-20-8-3-17(4-9-20)22-16-26-15-19(27(29)30)7-12-23(26)25-22/h3-12,15-16H,2,13-14H2,1H3. The third-order valence-corrected chi connectivity index (χ3v) is 4.90. The topological polar surface area (TPSA) is 105 Å². The Labute approximate surface area is 189 Å². The molecule has 0 saturated carbocycles. The molecule has 0 atom stereocenters. The van der Waals surface area contributed by atoms with Crippen LogP contribution in [0, 0.1) is 10.1 Å². The zero-order chi connectivity index (χ0) is 23.2. The number of rotatable bonds is 9. The number of fused-ring (bicyclic) bond motifs is 1. The summed E-state index contributed by atoms with van der Waals surface area (Å²) in [6.45, 7) is 0.959. The molecule has 0 unspecified atom stereocenters. The first-order chi connectivity index (χ1) is 16.0. The molecule has 33 heavy (non-hydrogen) atoms. The molecule has 0 aliphatic rings. The average Bonchev–Trinajstić information content (AvgIpc) is 3.27. The molecule has 0 spiro atoms. The van der Waals surface area contributed by atoms with Crippen molar-refractivity contribution in [3.63, 3.8) is 0 Å². The highest BCUT2D eigenvalue weighted by molar-refractivity contribution is 5.89. The van der Waals surface area contributed by atoms with Crippen LogP contribution in [-0.4, -0.2) is 40.6 Å². The van der Waals surface area contributed by atoms with Crippen molar-refractivity contribution in [1.82, 2.24) is 9.38 Å². The fourth-order valence-electron chi connectivity index (χ4n) is 3.19. The average molecular weight is 447 g/mol. The van der Waals surface area contributed by atoms with E-state index in [1.165, 1.54) is 19.4 Å². The van der Waals surface area contributed by atoms with Crippen LogP contribution in [0.1, 0.15) is 16.8 Å². The Bertz CT molecular complexity index is 1270. The van der Waals surface area contributed by atoms with Crippen LogP contribution in [0.2, 0.25) is 0 Å². The number of benzene rings is 2. The molecule has 2 aromatic heterocycles. The number of nitro groups is 1. The molecular formula is C24H21N3O6. The SMILES string of the molecule is COC(=O)c1ccc(OCCCOc2ccc(-c3cn4cc([N+](=O)[O-])ccc4n3)cc2)cc1. The molecule has 0 fully saturated rings. The van der Waals surface area contributed by atoms with Crippen LogP contribution in [0.4, 0.5) is 5.69 Å². The monoisotopic (exact) mass is 447 g/mol. The molecule has 9 heteroatoms. The maximum atomic E-state index is 11.4. The van der Waals surface area contributed by atoms with Gasteiger partial charge in [-0.1, -0.05) is 0 Å². The van der Waals surface area contributed by atoms with Gasteiger partial charge in [-0.25, -0.2) is 9.78 Å². The van der Waals surface area contributed by atoms with E-state index >= 15 is 0 Å². The van der Waals surface area contributed by atoms with E-state index in [0.717, 1.165) is 11.3 Å². The predicted octanol–water partition coefficient (Wildman–Crippen LogP) is 4.54. The zero-order valence-electron chi connectivity index (χ0n) is 17.8. The molecule has 0 aliphatic heterocycles. The maximum Gasteiger partial charge on any atom is 0.337 e. The summed E-state index contributed by atoms with van der Waals surface area (Å²) in [5.41, 5.74) is 2.72. The summed E-state index contributed by atoms with van der Waals surface area (Å²) in [5, 5.41) is 10.9. The van der Waals surface area contributed by atoms with Gasteiger partial charge in [0.2, 0.25) is 0 Å². The number of methoxy groups -OCH3 is 1. The molecule has 0 saturated heterocycles. The first kappa shape index (κ1) is 21.8. The molecule has 0 amide bonds. The molecule has 2 heterocycles. The van der Waals surface area contributed by atoms with Gasteiger partial charge in [-0.05, 0) is 54.6 Å². The maximum absolute atomic E-state index is 11.4. The molecule has 0 radical (unpaired) electrons. The lowest BCUT2D eigenvalue weighted by Gasteiger charge is -2.09. The Balaban J connectivity index is 1.26. The number of esters is 1. The van der Waals surface area contributed by atoms with Crippen LogP contribution in [-0.2, 0) is 4.74 Å². The van der Waals surface area contributed by atoms with Crippen LogP contribution in [0.5, 0.6) is 11.5 Å². The number of imidazole rings is 1. The highest BCUT2D eigenvalue weighted by Gasteiger charge is 2.10.